The van der Waals surface area contributed by atoms with Gasteiger partial charge >= 0.3 is 0 Å². The number of fused-ring (bicyclic) bond motifs is 1. The first kappa shape index (κ1) is 14.5. The van der Waals surface area contributed by atoms with E-state index in [9.17, 15) is 18.4 Å². The highest BCUT2D eigenvalue weighted by molar-refractivity contribution is 5.94. The summed E-state index contributed by atoms with van der Waals surface area (Å²) < 4.78 is 29.1. The fraction of sp³-hybridized carbons (Fsp3) is 0.333. The van der Waals surface area contributed by atoms with E-state index in [-0.39, 0.29) is 29.5 Å². The number of anilines is 1. The Bertz CT molecular complexity index is 808. The average Bonchev–Trinajstić information content (AvgIpc) is 2.78. The van der Waals surface area contributed by atoms with Crippen LogP contribution in [0.15, 0.2) is 23.0 Å². The molecule has 0 spiro atoms. The smallest absolute Gasteiger partial charge is 0.270 e. The first-order valence-electron chi connectivity index (χ1n) is 6.98. The number of H-pyrrole nitrogens is 1. The Balaban J connectivity index is 2.23. The van der Waals surface area contributed by atoms with Crippen LogP contribution < -0.4 is 10.9 Å². The summed E-state index contributed by atoms with van der Waals surface area (Å²) in [6, 6.07) is 3.69. The minimum Gasteiger partial charge on any atom is -0.311 e. The molecule has 1 amide bonds. The van der Waals surface area contributed by atoms with Crippen molar-refractivity contribution in [2.45, 2.75) is 32.2 Å². The van der Waals surface area contributed by atoms with Gasteiger partial charge in [-0.1, -0.05) is 12.1 Å². The summed E-state index contributed by atoms with van der Waals surface area (Å²) in [7, 11) is 0. The first-order chi connectivity index (χ1) is 10.4. The van der Waals surface area contributed by atoms with Gasteiger partial charge in [-0.2, -0.15) is 0 Å². The molecule has 2 N–H and O–H groups in total. The zero-order valence-corrected chi connectivity index (χ0v) is 12.1. The Hall–Kier alpha value is -2.44. The van der Waals surface area contributed by atoms with Gasteiger partial charge in [0.2, 0.25) is 5.91 Å². The highest BCUT2D eigenvalue weighted by Crippen LogP contribution is 2.37. The number of halogens is 2. The Morgan fingerprint density at radius 1 is 1.27 bits per heavy atom. The molecule has 0 fully saturated rings. The zero-order chi connectivity index (χ0) is 16.0. The van der Waals surface area contributed by atoms with E-state index in [1.807, 2.05) is 13.8 Å². The number of nitrogens with zero attached hydrogens (tertiary/aromatic N) is 1. The number of aromatic nitrogens is 2. The fourth-order valence-electron chi connectivity index (χ4n) is 2.83. The molecule has 3 rings (SSSR count). The third kappa shape index (κ3) is 2.13. The summed E-state index contributed by atoms with van der Waals surface area (Å²) in [4.78, 5) is 24.2. The predicted octanol–water partition coefficient (Wildman–Crippen LogP) is 2.51. The lowest BCUT2D eigenvalue weighted by atomic mass is 9.87. The molecule has 1 aliphatic rings. The highest BCUT2D eigenvalue weighted by atomic mass is 19.2. The van der Waals surface area contributed by atoms with Gasteiger partial charge in [-0.05, 0) is 25.5 Å². The minimum absolute atomic E-state index is 0.0168. The predicted molar refractivity (Wildman–Crippen MR) is 76.9 cm³/mol. The molecule has 7 heteroatoms. The topological polar surface area (TPSA) is 66.9 Å². The van der Waals surface area contributed by atoms with Crippen molar-refractivity contribution in [1.82, 2.24) is 9.78 Å². The Morgan fingerprint density at radius 3 is 2.68 bits per heavy atom. The molecule has 2 heterocycles. The van der Waals surface area contributed by atoms with Crippen LogP contribution in [0.3, 0.4) is 0 Å². The van der Waals surface area contributed by atoms with Crippen LogP contribution >= 0.6 is 0 Å². The van der Waals surface area contributed by atoms with Crippen LogP contribution in [0.4, 0.5) is 14.6 Å². The van der Waals surface area contributed by atoms with Crippen LogP contribution in [0.1, 0.15) is 43.4 Å². The van der Waals surface area contributed by atoms with Gasteiger partial charge in [0.15, 0.2) is 11.6 Å². The second-order valence-electron chi connectivity index (χ2n) is 5.61. The second-order valence-corrected chi connectivity index (χ2v) is 5.61. The van der Waals surface area contributed by atoms with Gasteiger partial charge in [0.1, 0.15) is 5.82 Å². The number of amides is 1. The van der Waals surface area contributed by atoms with Crippen LogP contribution in [0.2, 0.25) is 0 Å². The van der Waals surface area contributed by atoms with E-state index >= 15 is 0 Å². The van der Waals surface area contributed by atoms with Crippen LogP contribution in [0.25, 0.3) is 0 Å². The molecule has 5 nitrogen and oxygen atoms in total. The van der Waals surface area contributed by atoms with Crippen LogP contribution in [-0.2, 0) is 4.79 Å². The molecule has 1 aromatic heterocycles. The van der Waals surface area contributed by atoms with Crippen molar-refractivity contribution in [1.29, 1.82) is 0 Å². The number of carbonyl (C=O) groups is 1. The van der Waals surface area contributed by atoms with Crippen molar-refractivity contribution < 1.29 is 13.6 Å². The Morgan fingerprint density at radius 2 is 2.00 bits per heavy atom. The van der Waals surface area contributed by atoms with E-state index in [2.05, 4.69) is 10.4 Å². The van der Waals surface area contributed by atoms with Crippen molar-refractivity contribution in [2.24, 2.45) is 0 Å². The third-order valence-electron chi connectivity index (χ3n) is 3.83. The van der Waals surface area contributed by atoms with Crippen molar-refractivity contribution in [2.75, 3.05) is 5.32 Å². The number of carbonyl (C=O) groups excluding carboxylic acids is 1. The van der Waals surface area contributed by atoms with E-state index in [1.165, 1.54) is 16.8 Å². The maximum atomic E-state index is 14.1. The van der Waals surface area contributed by atoms with Crippen LogP contribution in [0.5, 0.6) is 0 Å². The van der Waals surface area contributed by atoms with Gasteiger partial charge in [-0.25, -0.2) is 8.78 Å². The summed E-state index contributed by atoms with van der Waals surface area (Å²) in [5.74, 6) is -2.84. The molecule has 0 saturated carbocycles. The number of aromatic amines is 1. The van der Waals surface area contributed by atoms with E-state index in [1.54, 1.807) is 0 Å². The first-order valence-corrected chi connectivity index (χ1v) is 6.98. The molecule has 0 aliphatic carbocycles. The number of benzene rings is 1. The summed E-state index contributed by atoms with van der Waals surface area (Å²) in [5, 5.41) is 5.28. The fourth-order valence-corrected chi connectivity index (χ4v) is 2.83. The maximum Gasteiger partial charge on any atom is 0.270 e. The number of nitrogens with one attached hydrogen (secondary N) is 2. The van der Waals surface area contributed by atoms with Crippen molar-refractivity contribution >= 4 is 11.7 Å². The van der Waals surface area contributed by atoms with Gasteiger partial charge < -0.3 is 5.32 Å². The van der Waals surface area contributed by atoms with E-state index in [0.29, 0.717) is 5.82 Å². The summed E-state index contributed by atoms with van der Waals surface area (Å²) >= 11 is 0. The molecule has 0 radical (unpaired) electrons. The van der Waals surface area contributed by atoms with Gasteiger partial charge in [-0.3, -0.25) is 19.4 Å². The largest absolute Gasteiger partial charge is 0.311 e. The van der Waals surface area contributed by atoms with Crippen LogP contribution in [0, 0.1) is 11.6 Å². The highest BCUT2D eigenvalue weighted by Gasteiger charge is 2.34. The number of hydrogen-bond acceptors (Lipinski definition) is 2. The summed E-state index contributed by atoms with van der Waals surface area (Å²) in [5.41, 5.74) is -0.127. The average molecular weight is 307 g/mol. The summed E-state index contributed by atoms with van der Waals surface area (Å²) in [6.45, 7) is 3.68. The lowest BCUT2D eigenvalue weighted by Crippen LogP contribution is -2.27. The second kappa shape index (κ2) is 5.08. The number of hydrogen-bond donors (Lipinski definition) is 2. The molecule has 1 aromatic carbocycles. The Labute approximate surface area is 124 Å². The molecule has 0 bridgehead atoms. The molecule has 1 aliphatic heterocycles. The third-order valence-corrected chi connectivity index (χ3v) is 3.83. The quantitative estimate of drug-likeness (QED) is 0.895. The summed E-state index contributed by atoms with van der Waals surface area (Å²) in [6.07, 6.45) is -0.0986. The minimum atomic E-state index is -1.02. The van der Waals surface area contributed by atoms with Crippen molar-refractivity contribution in [3.8, 4) is 0 Å². The SMILES string of the molecule is CC(C)n1[nH]c(=O)c2c1NC(=O)C[C@@H]2c1cccc(F)c1F. The number of rotatable bonds is 2. The van der Waals surface area contributed by atoms with E-state index in [4.69, 9.17) is 0 Å². The lowest BCUT2D eigenvalue weighted by Gasteiger charge is -2.24. The molecule has 0 unspecified atom stereocenters. The molecular formula is C15H15F2N3O2. The van der Waals surface area contributed by atoms with E-state index < -0.39 is 23.1 Å². The van der Waals surface area contributed by atoms with Crippen molar-refractivity contribution in [3.05, 3.63) is 51.3 Å². The molecule has 2 aromatic rings. The standard InChI is InChI=1S/C15H15F2N3O2/c1-7(2)20-14-12(15(22)19-20)9(6-11(21)18-14)8-4-3-5-10(16)13(8)17/h3-5,7,9H,6H2,1-2H3,(H,18,21)(H,19,22)/t9-/m1/s1. The molecular weight excluding hydrogens is 292 g/mol. The molecule has 0 saturated heterocycles. The molecule has 22 heavy (non-hydrogen) atoms. The lowest BCUT2D eigenvalue weighted by molar-refractivity contribution is -0.116. The van der Waals surface area contributed by atoms with Gasteiger partial charge in [-0.15, -0.1) is 0 Å². The monoisotopic (exact) mass is 307 g/mol. The van der Waals surface area contributed by atoms with Crippen molar-refractivity contribution in [3.63, 3.8) is 0 Å². The van der Waals surface area contributed by atoms with Crippen LogP contribution in [-0.4, -0.2) is 15.7 Å². The van der Waals surface area contributed by atoms with Gasteiger partial charge in [0.05, 0.1) is 5.56 Å². The van der Waals surface area contributed by atoms with Gasteiger partial charge in [0.25, 0.3) is 5.56 Å². The molecule has 1 atom stereocenters. The Kier molecular flexibility index (Phi) is 3.35. The van der Waals surface area contributed by atoms with Gasteiger partial charge in [0, 0.05) is 18.4 Å². The normalized spacial score (nSPS) is 17.5. The maximum absolute atomic E-state index is 14.1. The molecule has 116 valence electrons. The zero-order valence-electron chi connectivity index (χ0n) is 12.1. The van der Waals surface area contributed by atoms with E-state index in [0.717, 1.165) is 6.07 Å².